The zero-order valence-electron chi connectivity index (χ0n) is 21.4. The lowest BCUT2D eigenvalue weighted by Crippen LogP contribution is -2.30. The summed E-state index contributed by atoms with van der Waals surface area (Å²) in [5.74, 6) is 2.18. The molecular formula is C30H30N3O2+. The van der Waals surface area contributed by atoms with E-state index >= 15 is 0 Å². The number of fused-ring (bicyclic) bond motifs is 4. The fraction of sp³-hybridized carbons (Fsp3) is 0.267. The second kappa shape index (κ2) is 7.57. The molecule has 5 heteroatoms. The van der Waals surface area contributed by atoms with Gasteiger partial charge in [-0.2, -0.15) is 4.57 Å². The van der Waals surface area contributed by atoms with Crippen molar-refractivity contribution in [3.05, 3.63) is 77.1 Å². The number of aryl methyl sites for hydroxylation is 4. The highest BCUT2D eigenvalue weighted by Gasteiger charge is 2.27. The molecule has 0 fully saturated rings. The van der Waals surface area contributed by atoms with Crippen molar-refractivity contribution in [2.45, 2.75) is 47.5 Å². The molecule has 0 bridgehead atoms. The molecule has 4 aromatic heterocycles. The van der Waals surface area contributed by atoms with E-state index < -0.39 is 0 Å². The molecule has 0 aliphatic rings. The van der Waals surface area contributed by atoms with Crippen molar-refractivity contribution < 1.29 is 13.4 Å². The molecule has 0 aliphatic heterocycles. The summed E-state index contributed by atoms with van der Waals surface area (Å²) in [6.07, 6.45) is 3.96. The first-order valence-electron chi connectivity index (χ1n) is 12.2. The van der Waals surface area contributed by atoms with E-state index in [1.165, 1.54) is 27.5 Å². The number of hydrogen-bond acceptors (Lipinski definition) is 3. The highest BCUT2D eigenvalue weighted by molar-refractivity contribution is 5.98. The van der Waals surface area contributed by atoms with E-state index in [1.807, 2.05) is 20.2 Å². The topological polar surface area (TPSA) is 47.5 Å². The molecule has 2 aromatic carbocycles. The van der Waals surface area contributed by atoms with Gasteiger partial charge in [0.05, 0.1) is 11.1 Å². The highest BCUT2D eigenvalue weighted by atomic mass is 16.4. The lowest BCUT2D eigenvalue weighted by atomic mass is 9.89. The summed E-state index contributed by atoms with van der Waals surface area (Å²) in [6, 6.07) is 13.1. The Bertz CT molecular complexity index is 1780. The predicted molar refractivity (Wildman–Crippen MR) is 140 cm³/mol. The highest BCUT2D eigenvalue weighted by Crippen LogP contribution is 2.40. The molecule has 6 aromatic rings. The number of nitrogens with zero attached hydrogens (tertiary/aromatic N) is 3. The van der Waals surface area contributed by atoms with Gasteiger partial charge in [-0.05, 0) is 61.6 Å². The van der Waals surface area contributed by atoms with E-state index in [0.29, 0.717) is 5.92 Å². The third-order valence-corrected chi connectivity index (χ3v) is 7.46. The second-order valence-electron chi connectivity index (χ2n) is 9.91. The van der Waals surface area contributed by atoms with E-state index in [4.69, 9.17) is 13.8 Å². The summed E-state index contributed by atoms with van der Waals surface area (Å²) in [4.78, 5) is 4.73. The average molecular weight is 465 g/mol. The summed E-state index contributed by atoms with van der Waals surface area (Å²) in [5, 5.41) is 2.60. The third-order valence-electron chi connectivity index (χ3n) is 7.46. The van der Waals surface area contributed by atoms with Crippen LogP contribution >= 0.6 is 0 Å². The van der Waals surface area contributed by atoms with Gasteiger partial charge in [0, 0.05) is 11.6 Å². The molecule has 0 saturated carbocycles. The molecule has 176 valence electrons. The number of rotatable bonds is 3. The number of furan rings is 1. The first-order valence-corrected chi connectivity index (χ1v) is 12.2. The average Bonchev–Trinajstić information content (AvgIpc) is 3.46. The lowest BCUT2D eigenvalue weighted by molar-refractivity contribution is -0.659. The smallest absolute Gasteiger partial charge is 0.257 e. The molecule has 0 radical (unpaired) electrons. The Labute approximate surface area is 204 Å². The van der Waals surface area contributed by atoms with Gasteiger partial charge in [-0.15, -0.1) is 0 Å². The van der Waals surface area contributed by atoms with Gasteiger partial charge in [-0.3, -0.25) is 4.40 Å². The molecule has 0 amide bonds. The van der Waals surface area contributed by atoms with E-state index in [2.05, 4.69) is 86.3 Å². The van der Waals surface area contributed by atoms with Crippen LogP contribution in [-0.2, 0) is 7.05 Å². The summed E-state index contributed by atoms with van der Waals surface area (Å²) >= 11 is 0. The van der Waals surface area contributed by atoms with Gasteiger partial charge in [-0.1, -0.05) is 38.1 Å². The number of imidazole rings is 1. The van der Waals surface area contributed by atoms with Gasteiger partial charge in [0.2, 0.25) is 11.3 Å². The van der Waals surface area contributed by atoms with Crippen LogP contribution < -0.4 is 4.57 Å². The molecule has 0 N–H and O–H groups in total. The zero-order chi connectivity index (χ0) is 24.6. The van der Waals surface area contributed by atoms with Crippen LogP contribution in [0.15, 0.2) is 57.8 Å². The minimum Gasteiger partial charge on any atom is -0.466 e. The molecule has 0 aliphatic carbocycles. The van der Waals surface area contributed by atoms with E-state index in [-0.39, 0.29) is 0 Å². The van der Waals surface area contributed by atoms with Crippen molar-refractivity contribution in [2.75, 3.05) is 0 Å². The van der Waals surface area contributed by atoms with Crippen LogP contribution in [0.4, 0.5) is 0 Å². The minimum atomic E-state index is 0.405. The number of aromatic nitrogens is 3. The van der Waals surface area contributed by atoms with Crippen LogP contribution in [0.25, 0.3) is 50.1 Å². The van der Waals surface area contributed by atoms with Gasteiger partial charge in [0.25, 0.3) is 5.69 Å². The van der Waals surface area contributed by atoms with Gasteiger partial charge in [0.15, 0.2) is 6.20 Å². The molecule has 0 spiro atoms. The number of oxazole rings is 1. The van der Waals surface area contributed by atoms with Gasteiger partial charge in [0.1, 0.15) is 36.1 Å². The molecule has 0 atom stereocenters. The number of pyridine rings is 1. The van der Waals surface area contributed by atoms with Gasteiger partial charge in [-0.25, -0.2) is 4.98 Å². The first kappa shape index (κ1) is 21.7. The summed E-state index contributed by atoms with van der Waals surface area (Å²) in [6.45, 7) is 12.8. The molecule has 0 unspecified atom stereocenters. The fourth-order valence-corrected chi connectivity index (χ4v) is 5.50. The van der Waals surface area contributed by atoms with Crippen LogP contribution in [0.5, 0.6) is 0 Å². The van der Waals surface area contributed by atoms with Crippen molar-refractivity contribution in [1.82, 2.24) is 9.38 Å². The Morgan fingerprint density at radius 1 is 0.914 bits per heavy atom. The molecule has 4 heterocycles. The quantitative estimate of drug-likeness (QED) is 0.257. The van der Waals surface area contributed by atoms with Crippen molar-refractivity contribution in [3.63, 3.8) is 0 Å². The predicted octanol–water partition coefficient (Wildman–Crippen LogP) is 7.34. The van der Waals surface area contributed by atoms with Gasteiger partial charge < -0.3 is 8.83 Å². The van der Waals surface area contributed by atoms with Crippen molar-refractivity contribution in [3.8, 4) is 22.5 Å². The maximum atomic E-state index is 6.67. The van der Waals surface area contributed by atoms with E-state index in [0.717, 1.165) is 50.8 Å². The molecule has 5 nitrogen and oxygen atoms in total. The lowest BCUT2D eigenvalue weighted by Gasteiger charge is -2.15. The third kappa shape index (κ3) is 3.00. The molecule has 6 rings (SSSR count). The largest absolute Gasteiger partial charge is 0.466 e. The summed E-state index contributed by atoms with van der Waals surface area (Å²) < 4.78 is 16.8. The second-order valence-corrected chi connectivity index (χ2v) is 9.91. The maximum absolute atomic E-state index is 6.67. The Morgan fingerprint density at radius 3 is 2.34 bits per heavy atom. The van der Waals surface area contributed by atoms with Crippen LogP contribution in [0, 0.1) is 27.7 Å². The Morgan fingerprint density at radius 2 is 1.66 bits per heavy atom. The first-order chi connectivity index (χ1) is 16.8. The maximum Gasteiger partial charge on any atom is 0.257 e. The van der Waals surface area contributed by atoms with Crippen LogP contribution in [0.2, 0.25) is 0 Å². The summed E-state index contributed by atoms with van der Waals surface area (Å²) in [7, 11) is 2.09. The Kier molecular flexibility index (Phi) is 4.69. The number of hydrogen-bond donors (Lipinski definition) is 0. The Hall–Kier alpha value is -3.86. The van der Waals surface area contributed by atoms with Crippen LogP contribution in [0.3, 0.4) is 0 Å². The zero-order valence-corrected chi connectivity index (χ0v) is 21.4. The number of benzene rings is 2. The standard InChI is InChI=1S/C30H30N3O2/c1-16(2)23-14-24(18(4)21-10-8-9-11-22(21)23)28-29-25(12-13-32(28)7)33-15-31-27(30(33)35-29)26-17(3)19(5)34-20(26)6/h8-16H,1-7H3/q+1. The Balaban J connectivity index is 1.69. The SMILES string of the molecule is Cc1oc(C)c(-c2ncn3c2oc2c(-c4cc(C(C)C)c5ccccc5c4C)[n+](C)ccc23)c1C. The normalized spacial score (nSPS) is 12.1. The van der Waals surface area contributed by atoms with E-state index in [9.17, 15) is 0 Å². The minimum absolute atomic E-state index is 0.405. The molecular weight excluding hydrogens is 434 g/mol. The molecule has 0 saturated heterocycles. The van der Waals surface area contributed by atoms with Crippen molar-refractivity contribution in [1.29, 1.82) is 0 Å². The fourth-order valence-electron chi connectivity index (χ4n) is 5.50. The van der Waals surface area contributed by atoms with Crippen molar-refractivity contribution in [2.24, 2.45) is 7.05 Å². The monoisotopic (exact) mass is 464 g/mol. The van der Waals surface area contributed by atoms with Crippen LogP contribution in [0.1, 0.15) is 48.0 Å². The van der Waals surface area contributed by atoms with Crippen LogP contribution in [-0.4, -0.2) is 9.38 Å². The molecule has 35 heavy (non-hydrogen) atoms. The summed E-state index contributed by atoms with van der Waals surface area (Å²) in [5.41, 5.74) is 10.4. The van der Waals surface area contributed by atoms with Gasteiger partial charge >= 0.3 is 0 Å². The van der Waals surface area contributed by atoms with Crippen molar-refractivity contribution >= 4 is 27.6 Å². The van der Waals surface area contributed by atoms with E-state index in [1.54, 1.807) is 0 Å².